The van der Waals surface area contributed by atoms with Crippen LogP contribution < -0.4 is 4.74 Å². The number of ether oxygens (including phenoxy) is 2. The zero-order valence-corrected chi connectivity index (χ0v) is 13.7. The van der Waals surface area contributed by atoms with Gasteiger partial charge >= 0.3 is 6.09 Å². The number of nitrogens with zero attached hydrogens (tertiary/aromatic N) is 3. The molecule has 7 nitrogen and oxygen atoms in total. The summed E-state index contributed by atoms with van der Waals surface area (Å²) in [7, 11) is 0. The highest BCUT2D eigenvalue weighted by molar-refractivity contribution is 5.80. The second-order valence-electron chi connectivity index (χ2n) is 6.70. The second-order valence-corrected chi connectivity index (χ2v) is 6.70. The lowest BCUT2D eigenvalue weighted by Crippen LogP contribution is -2.44. The molecule has 0 saturated carbocycles. The molecule has 1 aliphatic heterocycles. The van der Waals surface area contributed by atoms with Gasteiger partial charge in [0.1, 0.15) is 23.7 Å². The Kier molecular flexibility index (Phi) is 4.11. The number of H-pyrrole nitrogens is 1. The van der Waals surface area contributed by atoms with Crippen molar-refractivity contribution in [3.8, 4) is 5.88 Å². The van der Waals surface area contributed by atoms with Gasteiger partial charge in [-0.05, 0) is 26.8 Å². The first-order valence-corrected chi connectivity index (χ1v) is 7.85. The van der Waals surface area contributed by atoms with Crippen molar-refractivity contribution in [1.29, 1.82) is 0 Å². The SMILES string of the molecule is CC(C)(C)OC(=O)N1CCC(Oc2ncnc3[nH]ccc23)CC1. The van der Waals surface area contributed by atoms with Crippen LogP contribution >= 0.6 is 0 Å². The van der Waals surface area contributed by atoms with Crippen LogP contribution in [0, 0.1) is 0 Å². The van der Waals surface area contributed by atoms with Gasteiger partial charge < -0.3 is 19.4 Å². The third-order valence-corrected chi connectivity index (χ3v) is 3.69. The Morgan fingerprint density at radius 3 is 2.74 bits per heavy atom. The molecule has 1 fully saturated rings. The molecule has 3 heterocycles. The largest absolute Gasteiger partial charge is 0.474 e. The maximum atomic E-state index is 12.1. The van der Waals surface area contributed by atoms with E-state index in [9.17, 15) is 4.79 Å². The fraction of sp³-hybridized carbons (Fsp3) is 0.562. The predicted octanol–water partition coefficient (Wildman–Crippen LogP) is 2.74. The average molecular weight is 318 g/mol. The maximum Gasteiger partial charge on any atom is 0.410 e. The van der Waals surface area contributed by atoms with Gasteiger partial charge in [-0.1, -0.05) is 0 Å². The van der Waals surface area contributed by atoms with Crippen molar-refractivity contribution >= 4 is 17.1 Å². The molecule has 0 unspecified atom stereocenters. The fourth-order valence-corrected chi connectivity index (χ4v) is 2.58. The number of amides is 1. The molecule has 0 aliphatic carbocycles. The van der Waals surface area contributed by atoms with E-state index in [2.05, 4.69) is 15.0 Å². The number of fused-ring (bicyclic) bond motifs is 1. The first-order chi connectivity index (χ1) is 10.9. The fourth-order valence-electron chi connectivity index (χ4n) is 2.58. The molecule has 0 aromatic carbocycles. The predicted molar refractivity (Wildman–Crippen MR) is 85.3 cm³/mol. The molecule has 124 valence electrons. The van der Waals surface area contributed by atoms with E-state index in [4.69, 9.17) is 9.47 Å². The number of aromatic amines is 1. The summed E-state index contributed by atoms with van der Waals surface area (Å²) in [6, 6.07) is 1.90. The number of hydrogen-bond acceptors (Lipinski definition) is 5. The standard InChI is InChI=1S/C16H22N4O3/c1-16(2,3)23-15(21)20-8-5-11(6-9-20)22-14-12-4-7-17-13(12)18-10-19-14/h4,7,10-11H,5-6,8-9H2,1-3H3,(H,17,18,19). The molecule has 3 rings (SSSR count). The van der Waals surface area contributed by atoms with Gasteiger partial charge in [-0.25, -0.2) is 14.8 Å². The van der Waals surface area contributed by atoms with Crippen molar-refractivity contribution < 1.29 is 14.3 Å². The Hall–Kier alpha value is -2.31. The molecule has 0 bridgehead atoms. The minimum absolute atomic E-state index is 0.0432. The smallest absolute Gasteiger partial charge is 0.410 e. The third kappa shape index (κ3) is 3.72. The Balaban J connectivity index is 1.57. The van der Waals surface area contributed by atoms with Crippen molar-refractivity contribution in [3.63, 3.8) is 0 Å². The number of carbonyl (C=O) groups excluding carboxylic acids is 1. The van der Waals surface area contributed by atoms with Crippen LogP contribution in [0.15, 0.2) is 18.6 Å². The molecule has 2 aromatic heterocycles. The van der Waals surface area contributed by atoms with E-state index < -0.39 is 5.60 Å². The molecule has 0 spiro atoms. The van der Waals surface area contributed by atoms with Crippen LogP contribution in [0.3, 0.4) is 0 Å². The molecule has 7 heteroatoms. The average Bonchev–Trinajstić information content (AvgIpc) is 2.96. The first kappa shape index (κ1) is 15.6. The van der Waals surface area contributed by atoms with Gasteiger partial charge in [0.15, 0.2) is 0 Å². The second kappa shape index (κ2) is 6.06. The minimum atomic E-state index is -0.467. The van der Waals surface area contributed by atoms with Gasteiger partial charge in [-0.15, -0.1) is 0 Å². The van der Waals surface area contributed by atoms with Crippen LogP contribution in [-0.4, -0.2) is 50.7 Å². The zero-order valence-electron chi connectivity index (χ0n) is 13.7. The van der Waals surface area contributed by atoms with Gasteiger partial charge in [0.25, 0.3) is 0 Å². The molecule has 1 saturated heterocycles. The summed E-state index contributed by atoms with van der Waals surface area (Å²) in [6.45, 7) is 6.87. The molecule has 23 heavy (non-hydrogen) atoms. The molecule has 2 aromatic rings. The van der Waals surface area contributed by atoms with Gasteiger partial charge in [0.2, 0.25) is 5.88 Å². The monoisotopic (exact) mass is 318 g/mol. The van der Waals surface area contributed by atoms with E-state index in [-0.39, 0.29) is 12.2 Å². The quantitative estimate of drug-likeness (QED) is 0.921. The normalized spacial score (nSPS) is 16.6. The number of likely N-dealkylation sites (tertiary alicyclic amines) is 1. The van der Waals surface area contributed by atoms with Crippen molar-refractivity contribution in [3.05, 3.63) is 18.6 Å². The molecule has 1 N–H and O–H groups in total. The number of rotatable bonds is 2. The molecule has 1 amide bonds. The number of nitrogens with one attached hydrogen (secondary N) is 1. The lowest BCUT2D eigenvalue weighted by atomic mass is 10.1. The van der Waals surface area contributed by atoms with E-state index in [1.54, 1.807) is 4.90 Å². The van der Waals surface area contributed by atoms with E-state index in [0.29, 0.717) is 19.0 Å². The van der Waals surface area contributed by atoms with Crippen LogP contribution in [0.1, 0.15) is 33.6 Å². The number of hydrogen-bond donors (Lipinski definition) is 1. The lowest BCUT2D eigenvalue weighted by molar-refractivity contribution is 0.0124. The number of piperidine rings is 1. The van der Waals surface area contributed by atoms with Crippen molar-refractivity contribution in [2.75, 3.05) is 13.1 Å². The van der Waals surface area contributed by atoms with Crippen molar-refractivity contribution in [2.24, 2.45) is 0 Å². The molecular weight excluding hydrogens is 296 g/mol. The Bertz CT molecular complexity index is 684. The summed E-state index contributed by atoms with van der Waals surface area (Å²) < 4.78 is 11.4. The summed E-state index contributed by atoms with van der Waals surface area (Å²) in [5, 5.41) is 0.877. The Morgan fingerprint density at radius 1 is 1.30 bits per heavy atom. The third-order valence-electron chi connectivity index (χ3n) is 3.69. The van der Waals surface area contributed by atoms with E-state index >= 15 is 0 Å². The van der Waals surface area contributed by atoms with Gasteiger partial charge in [-0.3, -0.25) is 0 Å². The van der Waals surface area contributed by atoms with Gasteiger partial charge in [0, 0.05) is 32.1 Å². The minimum Gasteiger partial charge on any atom is -0.474 e. The Morgan fingerprint density at radius 2 is 2.04 bits per heavy atom. The van der Waals surface area contributed by atoms with Crippen LogP contribution in [0.2, 0.25) is 0 Å². The molecule has 0 atom stereocenters. The van der Waals surface area contributed by atoms with Crippen molar-refractivity contribution in [1.82, 2.24) is 19.9 Å². The molecular formula is C16H22N4O3. The number of aromatic nitrogens is 3. The highest BCUT2D eigenvalue weighted by atomic mass is 16.6. The highest BCUT2D eigenvalue weighted by Gasteiger charge is 2.28. The zero-order chi connectivity index (χ0) is 16.4. The summed E-state index contributed by atoms with van der Waals surface area (Å²) in [4.78, 5) is 25.2. The Labute approximate surface area is 135 Å². The summed E-state index contributed by atoms with van der Waals surface area (Å²) in [5.74, 6) is 0.590. The van der Waals surface area contributed by atoms with Crippen LogP contribution in [0.25, 0.3) is 11.0 Å². The van der Waals surface area contributed by atoms with Gasteiger partial charge in [0.05, 0.1) is 5.39 Å². The molecule has 1 aliphatic rings. The van der Waals surface area contributed by atoms with Crippen molar-refractivity contribution in [2.45, 2.75) is 45.3 Å². The maximum absolute atomic E-state index is 12.1. The van der Waals surface area contributed by atoms with E-state index in [1.165, 1.54) is 6.33 Å². The molecule has 0 radical (unpaired) electrons. The van der Waals surface area contributed by atoms with Crippen LogP contribution in [0.4, 0.5) is 4.79 Å². The summed E-state index contributed by atoms with van der Waals surface area (Å²) in [6.07, 6.45) is 4.61. The summed E-state index contributed by atoms with van der Waals surface area (Å²) >= 11 is 0. The topological polar surface area (TPSA) is 80.3 Å². The van der Waals surface area contributed by atoms with E-state index in [1.807, 2.05) is 33.0 Å². The highest BCUT2D eigenvalue weighted by Crippen LogP contribution is 2.24. The van der Waals surface area contributed by atoms with E-state index in [0.717, 1.165) is 23.9 Å². The lowest BCUT2D eigenvalue weighted by Gasteiger charge is -2.33. The van der Waals surface area contributed by atoms with Gasteiger partial charge in [-0.2, -0.15) is 0 Å². The number of carbonyl (C=O) groups is 1. The first-order valence-electron chi connectivity index (χ1n) is 7.85. The van der Waals surface area contributed by atoms with Crippen LogP contribution in [0.5, 0.6) is 5.88 Å². The van der Waals surface area contributed by atoms with Crippen LogP contribution in [-0.2, 0) is 4.74 Å². The summed E-state index contributed by atoms with van der Waals surface area (Å²) in [5.41, 5.74) is 0.298.